The molecule has 25 heavy (non-hydrogen) atoms. The van der Waals surface area contributed by atoms with Gasteiger partial charge in [0.1, 0.15) is 23.3 Å². The van der Waals surface area contributed by atoms with E-state index in [0.717, 1.165) is 35.5 Å². The van der Waals surface area contributed by atoms with Crippen LogP contribution >= 0.6 is 11.6 Å². The minimum absolute atomic E-state index is 0.0763. The zero-order chi connectivity index (χ0) is 17.7. The Bertz CT molecular complexity index is 926. The van der Waals surface area contributed by atoms with Crippen molar-refractivity contribution in [3.63, 3.8) is 0 Å². The Balaban J connectivity index is 1.96. The van der Waals surface area contributed by atoms with E-state index in [1.807, 2.05) is 19.2 Å². The smallest absolute Gasteiger partial charge is 0.258 e. The third-order valence-corrected chi connectivity index (χ3v) is 4.68. The van der Waals surface area contributed by atoms with Gasteiger partial charge in [0, 0.05) is 17.6 Å². The van der Waals surface area contributed by atoms with Gasteiger partial charge in [-0.3, -0.25) is 14.5 Å². The van der Waals surface area contributed by atoms with Gasteiger partial charge in [-0.25, -0.2) is 9.89 Å². The first-order chi connectivity index (χ1) is 12.0. The van der Waals surface area contributed by atoms with Crippen LogP contribution < -0.4 is 0 Å². The third-order valence-electron chi connectivity index (χ3n) is 4.43. The number of halogens is 1. The van der Waals surface area contributed by atoms with E-state index in [9.17, 15) is 4.79 Å². The van der Waals surface area contributed by atoms with Gasteiger partial charge in [-0.1, -0.05) is 24.9 Å². The van der Waals surface area contributed by atoms with Crippen molar-refractivity contribution in [1.29, 1.82) is 0 Å². The van der Waals surface area contributed by atoms with Gasteiger partial charge in [0.25, 0.3) is 5.91 Å². The first-order valence-corrected chi connectivity index (χ1v) is 8.71. The molecular weight excluding hydrogens is 338 g/mol. The quantitative estimate of drug-likeness (QED) is 0.849. The number of carbonyl (C=O) groups is 1. The van der Waals surface area contributed by atoms with Crippen molar-refractivity contribution >= 4 is 34.9 Å². The monoisotopic (exact) mass is 355 g/mol. The molecule has 2 aromatic rings. The highest BCUT2D eigenvalue weighted by molar-refractivity contribution is 6.32. The molecule has 0 fully saturated rings. The maximum atomic E-state index is 12.7. The predicted octanol–water partition coefficient (Wildman–Crippen LogP) is 3.10. The van der Waals surface area contributed by atoms with E-state index in [1.165, 1.54) is 0 Å². The van der Waals surface area contributed by atoms with Crippen LogP contribution in [0.4, 0.5) is 5.69 Å². The van der Waals surface area contributed by atoms with Crippen LogP contribution in [-0.4, -0.2) is 38.3 Å². The van der Waals surface area contributed by atoms with Gasteiger partial charge in [0.15, 0.2) is 5.84 Å². The average Bonchev–Trinajstić information content (AvgIpc) is 3.06. The molecule has 6 nitrogen and oxygen atoms in total. The first-order valence-electron chi connectivity index (χ1n) is 8.34. The summed E-state index contributed by atoms with van der Waals surface area (Å²) in [4.78, 5) is 23.7. The molecule has 4 rings (SSSR count). The fraction of sp³-hybridized carbons (Fsp3) is 0.333. The van der Waals surface area contributed by atoms with Gasteiger partial charge in [0.05, 0.1) is 5.69 Å². The lowest BCUT2D eigenvalue weighted by Crippen LogP contribution is -2.43. The summed E-state index contributed by atoms with van der Waals surface area (Å²) in [7, 11) is 1.87. The summed E-state index contributed by atoms with van der Waals surface area (Å²) in [5, 5.41) is 5.25. The van der Waals surface area contributed by atoms with E-state index in [1.54, 1.807) is 28.6 Å². The number of amides is 1. The van der Waals surface area contributed by atoms with Gasteiger partial charge in [-0.15, -0.1) is 0 Å². The summed E-state index contributed by atoms with van der Waals surface area (Å²) in [6.07, 6.45) is 1.80. The number of aliphatic imine (C=N–C) groups is 2. The summed E-state index contributed by atoms with van der Waals surface area (Å²) in [5.41, 5.74) is 3.38. The molecule has 0 aliphatic carbocycles. The minimum Gasteiger partial charge on any atom is -0.272 e. The molecule has 1 atom stereocenters. The lowest BCUT2D eigenvalue weighted by atomic mass is 10.1. The predicted molar refractivity (Wildman–Crippen MR) is 97.7 cm³/mol. The molecule has 128 valence electrons. The third kappa shape index (κ3) is 2.40. The molecule has 1 amide bonds. The summed E-state index contributed by atoms with van der Waals surface area (Å²) in [6.45, 7) is 3.91. The molecule has 1 aromatic heterocycles. The maximum absolute atomic E-state index is 12.7. The van der Waals surface area contributed by atoms with E-state index in [4.69, 9.17) is 16.6 Å². The van der Waals surface area contributed by atoms with Crippen molar-refractivity contribution < 1.29 is 4.79 Å². The highest BCUT2D eigenvalue weighted by Crippen LogP contribution is 2.35. The second-order valence-electron chi connectivity index (χ2n) is 6.26. The van der Waals surface area contributed by atoms with Gasteiger partial charge < -0.3 is 0 Å². The standard InChI is InChI=1S/C18H18ClN5O/c1-4-5-13-14-15(23(3)22-13)17-20-10(2)18(25)24(17)16(21-14)11-6-8-12(19)9-7-11/h6-10H,4-5H2,1-3H3. The maximum Gasteiger partial charge on any atom is 0.258 e. The number of carbonyl (C=O) groups excluding carboxylic acids is 1. The fourth-order valence-electron chi connectivity index (χ4n) is 3.25. The summed E-state index contributed by atoms with van der Waals surface area (Å²) >= 11 is 6.01. The van der Waals surface area contributed by atoms with E-state index in [2.05, 4.69) is 17.0 Å². The van der Waals surface area contributed by atoms with Crippen molar-refractivity contribution in [2.24, 2.45) is 17.0 Å². The Morgan fingerprint density at radius 2 is 1.92 bits per heavy atom. The number of hydrogen-bond acceptors (Lipinski definition) is 4. The number of nitrogens with zero attached hydrogens (tertiary/aromatic N) is 5. The minimum atomic E-state index is -0.428. The number of fused-ring (bicyclic) bond motifs is 3. The van der Waals surface area contributed by atoms with Gasteiger partial charge >= 0.3 is 0 Å². The van der Waals surface area contributed by atoms with Crippen molar-refractivity contribution in [3.8, 4) is 0 Å². The lowest BCUT2D eigenvalue weighted by Gasteiger charge is -2.25. The zero-order valence-corrected chi connectivity index (χ0v) is 15.1. The molecule has 0 radical (unpaired) electrons. The molecule has 7 heteroatoms. The molecule has 0 saturated carbocycles. The Morgan fingerprint density at radius 1 is 1.20 bits per heavy atom. The van der Waals surface area contributed by atoms with Gasteiger partial charge in [-0.2, -0.15) is 5.10 Å². The SMILES string of the molecule is CCCc1nn(C)c2c1N=C(c1ccc(Cl)cc1)N1C(=O)C(C)N=C21. The van der Waals surface area contributed by atoms with Crippen molar-refractivity contribution in [3.05, 3.63) is 46.2 Å². The van der Waals surface area contributed by atoms with Gasteiger partial charge in [-0.05, 0) is 37.6 Å². The van der Waals surface area contributed by atoms with Crippen LogP contribution in [0.1, 0.15) is 37.2 Å². The molecule has 2 aliphatic heterocycles. The molecule has 1 aromatic carbocycles. The molecule has 0 saturated heterocycles. The normalized spacial score (nSPS) is 18.8. The molecule has 2 aliphatic rings. The second kappa shape index (κ2) is 5.81. The number of amidine groups is 2. The molecular formula is C18H18ClN5O. The van der Waals surface area contributed by atoms with Crippen LogP contribution in [0, 0.1) is 0 Å². The van der Waals surface area contributed by atoms with Crippen LogP contribution in [0.25, 0.3) is 0 Å². The largest absolute Gasteiger partial charge is 0.272 e. The van der Waals surface area contributed by atoms with Crippen LogP contribution in [-0.2, 0) is 18.3 Å². The molecule has 1 unspecified atom stereocenters. The van der Waals surface area contributed by atoms with E-state index in [-0.39, 0.29) is 5.91 Å². The first kappa shape index (κ1) is 16.0. The summed E-state index contributed by atoms with van der Waals surface area (Å²) < 4.78 is 1.78. The highest BCUT2D eigenvalue weighted by atomic mass is 35.5. The average molecular weight is 356 g/mol. The highest BCUT2D eigenvalue weighted by Gasteiger charge is 2.42. The number of aryl methyl sites for hydroxylation is 2. The van der Waals surface area contributed by atoms with E-state index in [0.29, 0.717) is 16.7 Å². The number of aromatic nitrogens is 2. The lowest BCUT2D eigenvalue weighted by molar-refractivity contribution is -0.124. The van der Waals surface area contributed by atoms with Crippen LogP contribution in [0.3, 0.4) is 0 Å². The van der Waals surface area contributed by atoms with Crippen LogP contribution in [0.2, 0.25) is 5.02 Å². The van der Waals surface area contributed by atoms with Crippen molar-refractivity contribution in [2.75, 3.05) is 0 Å². The Hall–Kier alpha value is -2.47. The number of rotatable bonds is 3. The number of hydrogen-bond donors (Lipinski definition) is 0. The summed E-state index contributed by atoms with van der Waals surface area (Å²) in [6, 6.07) is 6.91. The summed E-state index contributed by atoms with van der Waals surface area (Å²) in [5.74, 6) is 1.14. The van der Waals surface area contributed by atoms with Crippen molar-refractivity contribution in [2.45, 2.75) is 32.7 Å². The second-order valence-corrected chi connectivity index (χ2v) is 6.70. The number of benzene rings is 1. The molecule has 0 N–H and O–H groups in total. The van der Waals surface area contributed by atoms with Crippen LogP contribution in [0.5, 0.6) is 0 Å². The van der Waals surface area contributed by atoms with Crippen LogP contribution in [0.15, 0.2) is 34.3 Å². The Kier molecular flexibility index (Phi) is 3.72. The topological polar surface area (TPSA) is 62.9 Å². The molecule has 0 bridgehead atoms. The fourth-order valence-corrected chi connectivity index (χ4v) is 3.38. The Labute approximate surface area is 150 Å². The molecule has 3 heterocycles. The van der Waals surface area contributed by atoms with E-state index >= 15 is 0 Å². The van der Waals surface area contributed by atoms with Gasteiger partial charge in [0.2, 0.25) is 0 Å². The molecule has 0 spiro atoms. The zero-order valence-electron chi connectivity index (χ0n) is 14.3. The van der Waals surface area contributed by atoms with E-state index < -0.39 is 6.04 Å². The van der Waals surface area contributed by atoms with Crippen molar-refractivity contribution in [1.82, 2.24) is 14.7 Å². The Morgan fingerprint density at radius 3 is 2.60 bits per heavy atom.